The average molecular weight is 258 g/mol. The van der Waals surface area contributed by atoms with E-state index in [1.54, 1.807) is 0 Å². The maximum Gasteiger partial charge on any atom is 0.574 e. The Hall–Kier alpha value is -1.37. The number of hydrogen-bond donors (Lipinski definition) is 1. The number of ether oxygens (including phenoxy) is 2. The molecule has 1 heterocycles. The fourth-order valence-corrected chi connectivity index (χ4v) is 1.15. The molecule has 4 nitrogen and oxygen atoms in total. The lowest BCUT2D eigenvalue weighted by Crippen LogP contribution is -2.19. The number of aromatic nitrogens is 1. The van der Waals surface area contributed by atoms with Crippen molar-refractivity contribution in [3.63, 3.8) is 0 Å². The molecule has 0 spiro atoms. The van der Waals surface area contributed by atoms with Crippen LogP contribution in [0.5, 0.6) is 17.5 Å². The van der Waals surface area contributed by atoms with Gasteiger partial charge in [-0.15, -0.1) is 24.8 Å². The van der Waals surface area contributed by atoms with Crippen LogP contribution < -0.4 is 9.47 Å². The van der Waals surface area contributed by atoms with Gasteiger partial charge in [-0.3, -0.25) is 0 Å². The number of halogens is 4. The van der Waals surface area contributed by atoms with Crippen molar-refractivity contribution in [1.29, 1.82) is 0 Å². The third kappa shape index (κ3) is 3.06. The van der Waals surface area contributed by atoms with E-state index < -0.39 is 18.0 Å². The standard InChI is InChI=1S/C8H7ClF3NO3/c1-15-7-5(14)2-4(3-9)6(13-7)16-8(10,11)12/h2,14H,3H2,1H3. The molecule has 16 heavy (non-hydrogen) atoms. The number of nitrogens with zero attached hydrogens (tertiary/aromatic N) is 1. The molecule has 0 aliphatic heterocycles. The molecule has 0 aliphatic carbocycles. The third-order valence-corrected chi connectivity index (χ3v) is 1.85. The summed E-state index contributed by atoms with van der Waals surface area (Å²) in [6.07, 6.45) is -4.88. The molecule has 0 amide bonds. The quantitative estimate of drug-likeness (QED) is 0.845. The van der Waals surface area contributed by atoms with Crippen LogP contribution in [-0.2, 0) is 5.88 Å². The van der Waals surface area contributed by atoms with Crippen molar-refractivity contribution in [2.75, 3.05) is 7.11 Å². The fourth-order valence-electron chi connectivity index (χ4n) is 0.954. The van der Waals surface area contributed by atoms with E-state index in [1.807, 2.05) is 0 Å². The number of hydrogen-bond acceptors (Lipinski definition) is 4. The summed E-state index contributed by atoms with van der Waals surface area (Å²) in [5.41, 5.74) is -0.0858. The highest BCUT2D eigenvalue weighted by Crippen LogP contribution is 2.33. The van der Waals surface area contributed by atoms with Crippen LogP contribution in [0.25, 0.3) is 0 Å². The van der Waals surface area contributed by atoms with Crippen LogP contribution in [0, 0.1) is 0 Å². The van der Waals surface area contributed by atoms with E-state index in [0.717, 1.165) is 13.2 Å². The van der Waals surface area contributed by atoms with Crippen LogP contribution in [0.4, 0.5) is 13.2 Å². The molecule has 8 heteroatoms. The Morgan fingerprint density at radius 3 is 2.50 bits per heavy atom. The van der Waals surface area contributed by atoms with E-state index in [1.165, 1.54) is 0 Å². The smallest absolute Gasteiger partial charge is 0.503 e. The van der Waals surface area contributed by atoms with Crippen molar-refractivity contribution in [3.8, 4) is 17.5 Å². The molecular formula is C8H7ClF3NO3. The van der Waals surface area contributed by atoms with Crippen molar-refractivity contribution in [2.24, 2.45) is 0 Å². The van der Waals surface area contributed by atoms with Crippen molar-refractivity contribution in [2.45, 2.75) is 12.2 Å². The summed E-state index contributed by atoms with van der Waals surface area (Å²) in [4.78, 5) is 3.35. The van der Waals surface area contributed by atoms with Crippen molar-refractivity contribution in [1.82, 2.24) is 4.98 Å². The van der Waals surface area contributed by atoms with Gasteiger partial charge in [0.1, 0.15) is 0 Å². The first-order valence-corrected chi connectivity index (χ1v) is 4.49. The van der Waals surface area contributed by atoms with Gasteiger partial charge in [-0.25, -0.2) is 0 Å². The molecule has 0 radical (unpaired) electrons. The van der Waals surface area contributed by atoms with Crippen LogP contribution >= 0.6 is 11.6 Å². The van der Waals surface area contributed by atoms with Gasteiger partial charge in [0.2, 0.25) is 5.88 Å². The van der Waals surface area contributed by atoms with Gasteiger partial charge in [-0.2, -0.15) is 4.98 Å². The molecule has 0 fully saturated rings. The number of pyridine rings is 1. The second-order valence-corrected chi connectivity index (χ2v) is 2.93. The molecule has 90 valence electrons. The topological polar surface area (TPSA) is 51.6 Å². The van der Waals surface area contributed by atoms with Gasteiger partial charge in [0, 0.05) is 5.56 Å². The largest absolute Gasteiger partial charge is 0.574 e. The van der Waals surface area contributed by atoms with E-state index in [2.05, 4.69) is 14.5 Å². The van der Waals surface area contributed by atoms with E-state index in [-0.39, 0.29) is 17.3 Å². The summed E-state index contributed by atoms with van der Waals surface area (Å²) >= 11 is 5.39. The molecule has 0 aromatic carbocycles. The summed E-state index contributed by atoms with van der Waals surface area (Å²) in [7, 11) is 1.15. The number of alkyl halides is 4. The second kappa shape index (κ2) is 4.65. The average Bonchev–Trinajstić information content (AvgIpc) is 2.18. The Morgan fingerprint density at radius 2 is 2.06 bits per heavy atom. The lowest BCUT2D eigenvalue weighted by Gasteiger charge is -2.12. The third-order valence-electron chi connectivity index (χ3n) is 1.56. The first kappa shape index (κ1) is 12.7. The van der Waals surface area contributed by atoms with E-state index >= 15 is 0 Å². The van der Waals surface area contributed by atoms with Crippen LogP contribution in [0.1, 0.15) is 5.56 Å². The van der Waals surface area contributed by atoms with E-state index in [0.29, 0.717) is 0 Å². The van der Waals surface area contributed by atoms with Gasteiger partial charge < -0.3 is 14.6 Å². The first-order chi connectivity index (χ1) is 7.37. The zero-order chi connectivity index (χ0) is 12.3. The number of rotatable bonds is 3. The van der Waals surface area contributed by atoms with Gasteiger partial charge in [-0.05, 0) is 6.07 Å². The summed E-state index contributed by atoms with van der Waals surface area (Å²) in [5.74, 6) is -1.80. The predicted molar refractivity (Wildman–Crippen MR) is 48.7 cm³/mol. The minimum atomic E-state index is -4.88. The van der Waals surface area contributed by atoms with Gasteiger partial charge in [0.05, 0.1) is 13.0 Å². The SMILES string of the molecule is COc1nc(OC(F)(F)F)c(CCl)cc1O. The monoisotopic (exact) mass is 257 g/mol. The summed E-state index contributed by atoms with van der Waals surface area (Å²) in [5, 5.41) is 9.26. The van der Waals surface area contributed by atoms with Crippen LogP contribution in [0.3, 0.4) is 0 Å². The van der Waals surface area contributed by atoms with E-state index in [4.69, 9.17) is 11.6 Å². The van der Waals surface area contributed by atoms with Crippen molar-refractivity contribution >= 4 is 11.6 Å². The zero-order valence-electron chi connectivity index (χ0n) is 8.01. The fraction of sp³-hybridized carbons (Fsp3) is 0.375. The van der Waals surface area contributed by atoms with Crippen molar-refractivity contribution in [3.05, 3.63) is 11.6 Å². The van der Waals surface area contributed by atoms with Gasteiger partial charge in [-0.1, -0.05) is 0 Å². The normalized spacial score (nSPS) is 11.3. The lowest BCUT2D eigenvalue weighted by atomic mass is 10.3. The van der Waals surface area contributed by atoms with Crippen LogP contribution in [0.2, 0.25) is 0 Å². The predicted octanol–water partition coefficient (Wildman–Crippen LogP) is 2.43. The Bertz CT molecular complexity index is 384. The molecular weight excluding hydrogens is 251 g/mol. The van der Waals surface area contributed by atoms with Crippen LogP contribution in [-0.4, -0.2) is 23.6 Å². The number of aromatic hydroxyl groups is 1. The minimum absolute atomic E-state index is 0.0858. The minimum Gasteiger partial charge on any atom is -0.503 e. The molecule has 1 aromatic heterocycles. The first-order valence-electron chi connectivity index (χ1n) is 3.96. The highest BCUT2D eigenvalue weighted by molar-refractivity contribution is 6.17. The molecule has 0 saturated carbocycles. The molecule has 0 bridgehead atoms. The number of methoxy groups -OCH3 is 1. The van der Waals surface area contributed by atoms with Crippen LogP contribution in [0.15, 0.2) is 6.07 Å². The molecule has 0 saturated heterocycles. The zero-order valence-corrected chi connectivity index (χ0v) is 8.76. The second-order valence-electron chi connectivity index (χ2n) is 2.66. The summed E-state index contributed by atoms with van der Waals surface area (Å²) in [6, 6.07) is 1.000. The van der Waals surface area contributed by atoms with Gasteiger partial charge >= 0.3 is 6.36 Å². The molecule has 1 rings (SSSR count). The Balaban J connectivity index is 3.15. The van der Waals surface area contributed by atoms with E-state index in [9.17, 15) is 18.3 Å². The van der Waals surface area contributed by atoms with Gasteiger partial charge in [0.25, 0.3) is 5.88 Å². The molecule has 1 N–H and O–H groups in total. The Labute approximate surface area is 93.6 Å². The Kier molecular flexibility index (Phi) is 3.69. The molecule has 0 aliphatic rings. The highest BCUT2D eigenvalue weighted by Gasteiger charge is 2.33. The molecule has 0 unspecified atom stereocenters. The summed E-state index contributed by atoms with van der Waals surface area (Å²) < 4.78 is 44.1. The highest BCUT2D eigenvalue weighted by atomic mass is 35.5. The molecule has 0 atom stereocenters. The van der Waals surface area contributed by atoms with Crippen molar-refractivity contribution < 1.29 is 27.8 Å². The lowest BCUT2D eigenvalue weighted by molar-refractivity contribution is -0.276. The maximum atomic E-state index is 12.0. The van der Waals surface area contributed by atoms with Gasteiger partial charge in [0.15, 0.2) is 5.75 Å². The molecule has 1 aromatic rings. The maximum absolute atomic E-state index is 12.0. The summed E-state index contributed by atoms with van der Waals surface area (Å²) in [6.45, 7) is 0. The Morgan fingerprint density at radius 1 is 1.44 bits per heavy atom.